The minimum absolute atomic E-state index is 0.117. The number of rotatable bonds is 16. The molecule has 0 atom stereocenters. The van der Waals surface area contributed by atoms with Crippen molar-refractivity contribution in [3.05, 3.63) is 126 Å². The molecule has 0 spiro atoms. The van der Waals surface area contributed by atoms with Crippen molar-refractivity contribution in [3.63, 3.8) is 0 Å². The van der Waals surface area contributed by atoms with Crippen LogP contribution >= 0.6 is 0 Å². The molecule has 474 valence electrons. The molecule has 0 bridgehead atoms. The Morgan fingerprint density at radius 1 is 0.416 bits per heavy atom. The van der Waals surface area contributed by atoms with Gasteiger partial charge in [0.1, 0.15) is 33.8 Å². The highest BCUT2D eigenvalue weighted by molar-refractivity contribution is 5.94. The highest BCUT2D eigenvalue weighted by atomic mass is 19.4. The number of benzene rings is 3. The van der Waals surface area contributed by atoms with Crippen LogP contribution in [0.5, 0.6) is 17.2 Å². The second-order valence-electron chi connectivity index (χ2n) is 22.3. The number of carbonyl (C=O) groups is 3. The number of nitrogens with zero attached hydrogens (tertiary/aromatic N) is 9. The SMILES string of the molecule is CCC(O)(CC)CC(=O)Nc1nc2ccc(C)nc2n1-c1ccc(OC(F)(F)F)cc1.Cc1ccc2nc(NC(=O)CC(C)(C)C)n(-c3ccc(OC(F)(F)F)cc3)c2n1.Cc1ccc2nc(NC(=O)CC(C)(C)O)n(-c3ccc(OC(F)(F)F)cc3)c2n1. The van der Waals surface area contributed by atoms with Crippen LogP contribution in [0.15, 0.2) is 109 Å². The normalized spacial score (nSPS) is 12.2. The zero-order valence-corrected chi connectivity index (χ0v) is 49.7. The number of anilines is 3. The predicted octanol–water partition coefficient (Wildman–Crippen LogP) is 13.2. The van der Waals surface area contributed by atoms with Crippen LogP contribution in [0.2, 0.25) is 0 Å². The van der Waals surface area contributed by atoms with Crippen LogP contribution in [-0.4, -0.2) is 102 Å². The number of aryl methyl sites for hydroxylation is 3. The molecule has 89 heavy (non-hydrogen) atoms. The highest BCUT2D eigenvalue weighted by Crippen LogP contribution is 2.33. The number of aromatic nitrogens is 9. The molecule has 3 aromatic carbocycles. The third kappa shape index (κ3) is 19.1. The van der Waals surface area contributed by atoms with Gasteiger partial charge in [-0.1, -0.05) is 34.6 Å². The summed E-state index contributed by atoms with van der Waals surface area (Å²) in [5.74, 6) is -1.67. The fourth-order valence-electron chi connectivity index (χ4n) is 8.71. The monoisotopic (exact) mass is 1250 g/mol. The van der Waals surface area contributed by atoms with Gasteiger partial charge in [-0.05, 0) is 162 Å². The third-order valence-corrected chi connectivity index (χ3v) is 12.8. The number of hydrogen-bond donors (Lipinski definition) is 5. The number of hydrogen-bond acceptors (Lipinski definition) is 14. The number of alkyl halides is 9. The Labute approximate surface area is 503 Å². The van der Waals surface area contributed by atoms with Crippen LogP contribution < -0.4 is 30.2 Å². The first kappa shape index (κ1) is 67.1. The van der Waals surface area contributed by atoms with E-state index in [0.717, 1.165) is 17.8 Å². The van der Waals surface area contributed by atoms with Crippen LogP contribution in [0.3, 0.4) is 0 Å². The molecule has 6 aromatic heterocycles. The lowest BCUT2D eigenvalue weighted by molar-refractivity contribution is -0.275. The largest absolute Gasteiger partial charge is 0.573 e. The number of ether oxygens (including phenoxy) is 3. The molecule has 0 saturated heterocycles. The molecule has 29 heteroatoms. The first-order valence-corrected chi connectivity index (χ1v) is 27.4. The zero-order chi connectivity index (χ0) is 65.6. The van der Waals surface area contributed by atoms with Crippen molar-refractivity contribution in [1.29, 1.82) is 0 Å². The highest BCUT2D eigenvalue weighted by Gasteiger charge is 2.34. The molecular formula is C60H63F9N12O8. The van der Waals surface area contributed by atoms with Crippen molar-refractivity contribution in [2.75, 3.05) is 16.0 Å². The van der Waals surface area contributed by atoms with Crippen molar-refractivity contribution in [2.24, 2.45) is 5.41 Å². The number of fused-ring (bicyclic) bond motifs is 3. The number of halogens is 9. The number of imidazole rings is 3. The van der Waals surface area contributed by atoms with Gasteiger partial charge in [0.2, 0.25) is 35.6 Å². The smallest absolute Gasteiger partial charge is 0.406 e. The molecule has 9 aromatic rings. The van der Waals surface area contributed by atoms with Crippen molar-refractivity contribution in [1.82, 2.24) is 43.6 Å². The molecule has 20 nitrogen and oxygen atoms in total. The average molecular weight is 1250 g/mol. The second kappa shape index (κ2) is 26.5. The van der Waals surface area contributed by atoms with Gasteiger partial charge in [-0.2, -0.15) is 0 Å². The van der Waals surface area contributed by atoms with Crippen LogP contribution in [0, 0.1) is 26.2 Å². The molecule has 6 heterocycles. The first-order valence-electron chi connectivity index (χ1n) is 27.4. The number of aliphatic hydroxyl groups is 2. The van der Waals surface area contributed by atoms with Gasteiger partial charge in [0.15, 0.2) is 16.9 Å². The van der Waals surface area contributed by atoms with Crippen LogP contribution in [-0.2, 0) is 14.4 Å². The summed E-state index contributed by atoms with van der Waals surface area (Å²) in [6.45, 7) is 17.8. The molecule has 0 aliphatic heterocycles. The minimum atomic E-state index is -4.80. The van der Waals surface area contributed by atoms with Gasteiger partial charge >= 0.3 is 19.1 Å². The van der Waals surface area contributed by atoms with Gasteiger partial charge in [0.05, 0.1) is 41.1 Å². The molecular weight excluding hydrogens is 1190 g/mol. The molecule has 0 fully saturated rings. The molecule has 0 aliphatic rings. The molecule has 5 N–H and O–H groups in total. The lowest BCUT2D eigenvalue weighted by Crippen LogP contribution is -2.33. The van der Waals surface area contributed by atoms with E-state index >= 15 is 0 Å². The Morgan fingerprint density at radius 3 is 0.933 bits per heavy atom. The molecule has 0 unspecified atom stereocenters. The predicted molar refractivity (Wildman–Crippen MR) is 312 cm³/mol. The van der Waals surface area contributed by atoms with Gasteiger partial charge in [-0.3, -0.25) is 44.0 Å². The van der Waals surface area contributed by atoms with Crippen LogP contribution in [0.4, 0.5) is 57.4 Å². The lowest BCUT2D eigenvalue weighted by Gasteiger charge is -2.24. The van der Waals surface area contributed by atoms with E-state index in [2.05, 4.69) is 60.1 Å². The summed E-state index contributed by atoms with van der Waals surface area (Å²) in [4.78, 5) is 63.9. The summed E-state index contributed by atoms with van der Waals surface area (Å²) in [6.07, 6.45) is -13.5. The Hall–Kier alpha value is -9.38. The molecule has 0 radical (unpaired) electrons. The first-order chi connectivity index (χ1) is 41.4. The standard InChI is InChI=1S/C21H23F3N4O3.C20H21F3N4O2.C19H19F3N4O3/c1-4-20(30,5-2)12-17(29)27-19-26-16-11-6-13(3)25-18(16)28(19)14-7-9-15(10-8-14)31-21(22,23)24;1-12-5-10-15-17(24-12)27(18(25-15)26-16(28)11-19(2,3)4)13-6-8-14(9-7-13)29-20(21,22)23;1-11-4-9-14-16(23-11)26(17(24-14)25-15(27)10-18(2,3)28)12-5-7-13(8-6-12)29-19(20,21)22/h6-11,30H,4-5,12H2,1-3H3,(H,26,27,29);5-10H,11H2,1-4H3,(H,25,26,28);4-9,28H,10H2,1-3H3,(H,24,25,27). The maximum absolute atomic E-state index is 12.6. The summed E-state index contributed by atoms with van der Waals surface area (Å²) in [7, 11) is 0. The Morgan fingerprint density at radius 2 is 0.685 bits per heavy atom. The van der Waals surface area contributed by atoms with Gasteiger partial charge < -0.3 is 24.4 Å². The summed E-state index contributed by atoms with van der Waals surface area (Å²) in [6, 6.07) is 26.1. The molecule has 0 saturated carbocycles. The fourth-order valence-corrected chi connectivity index (χ4v) is 8.71. The van der Waals surface area contributed by atoms with Crippen molar-refractivity contribution >= 4 is 69.1 Å². The zero-order valence-electron chi connectivity index (χ0n) is 49.7. The van der Waals surface area contributed by atoms with E-state index in [9.17, 15) is 64.1 Å². The maximum Gasteiger partial charge on any atom is 0.573 e. The van der Waals surface area contributed by atoms with Crippen LogP contribution in [0.25, 0.3) is 50.6 Å². The lowest BCUT2D eigenvalue weighted by atomic mass is 9.92. The molecule has 3 amide bonds. The van der Waals surface area contributed by atoms with Gasteiger partial charge in [-0.15, -0.1) is 39.5 Å². The van der Waals surface area contributed by atoms with E-state index < -0.39 is 42.1 Å². The van der Waals surface area contributed by atoms with Crippen molar-refractivity contribution in [3.8, 4) is 34.3 Å². The van der Waals surface area contributed by atoms with Crippen LogP contribution in [0.1, 0.15) is 97.7 Å². The van der Waals surface area contributed by atoms with E-state index in [1.165, 1.54) is 83.6 Å². The Kier molecular flexibility index (Phi) is 20.0. The van der Waals surface area contributed by atoms with E-state index in [-0.39, 0.29) is 65.7 Å². The number of carbonyl (C=O) groups excluding carboxylic acids is 3. The summed E-state index contributed by atoms with van der Waals surface area (Å²) < 4.78 is 128. The third-order valence-electron chi connectivity index (χ3n) is 12.8. The molecule has 0 aliphatic carbocycles. The number of nitrogens with one attached hydrogen (secondary N) is 3. The topological polar surface area (TPSA) is 248 Å². The van der Waals surface area contributed by atoms with E-state index in [4.69, 9.17) is 0 Å². The average Bonchev–Trinajstić information content (AvgIpc) is 1.70. The van der Waals surface area contributed by atoms with Crippen molar-refractivity contribution < 1.29 is 78.3 Å². The van der Waals surface area contributed by atoms with E-state index in [0.29, 0.717) is 74.8 Å². The van der Waals surface area contributed by atoms with Gasteiger partial charge in [0.25, 0.3) is 0 Å². The second-order valence-corrected chi connectivity index (χ2v) is 22.3. The van der Waals surface area contributed by atoms with Crippen molar-refractivity contribution in [2.45, 2.75) is 132 Å². The van der Waals surface area contributed by atoms with E-state index in [1.807, 2.05) is 27.7 Å². The van der Waals surface area contributed by atoms with Gasteiger partial charge in [-0.25, -0.2) is 29.9 Å². The number of pyridine rings is 3. The molecule has 9 rings (SSSR count). The minimum Gasteiger partial charge on any atom is -0.406 e. The summed E-state index contributed by atoms with van der Waals surface area (Å²) in [5, 5.41) is 28.4. The summed E-state index contributed by atoms with van der Waals surface area (Å²) >= 11 is 0. The fraction of sp³-hybridized carbons (Fsp3) is 0.350. The van der Waals surface area contributed by atoms with Gasteiger partial charge in [0, 0.05) is 23.5 Å². The maximum atomic E-state index is 12.6. The number of amides is 3. The summed E-state index contributed by atoms with van der Waals surface area (Å²) in [5.41, 5.74) is 3.82. The Bertz CT molecular complexity index is 3790. The Balaban J connectivity index is 0.000000190. The van der Waals surface area contributed by atoms with E-state index in [1.54, 1.807) is 68.7 Å². The quantitative estimate of drug-likeness (QED) is 0.0565.